The Kier molecular flexibility index (Phi) is 6.06. The van der Waals surface area contributed by atoms with Gasteiger partial charge in [0.05, 0.1) is 7.11 Å². The summed E-state index contributed by atoms with van der Waals surface area (Å²) in [6, 6.07) is 15.2. The number of ether oxygens (including phenoxy) is 1. The molecular formula is C17H18INO3. The molecule has 0 heterocycles. The standard InChI is InChI=1S/C17H18INO3/c1-22-17(21)3-2-12-19(14-6-4-13(18)5-7-14)15-8-10-16(20)11-9-15/h4-11,20H,2-3,12H2,1H3. The van der Waals surface area contributed by atoms with Gasteiger partial charge in [0.2, 0.25) is 0 Å². The van der Waals surface area contributed by atoms with E-state index < -0.39 is 0 Å². The van der Waals surface area contributed by atoms with Gasteiger partial charge < -0.3 is 14.7 Å². The Labute approximate surface area is 143 Å². The normalized spacial score (nSPS) is 10.3. The minimum absolute atomic E-state index is 0.201. The first kappa shape index (κ1) is 16.6. The zero-order valence-electron chi connectivity index (χ0n) is 12.3. The van der Waals surface area contributed by atoms with Gasteiger partial charge in [-0.25, -0.2) is 0 Å². The van der Waals surface area contributed by atoms with Gasteiger partial charge >= 0.3 is 5.97 Å². The minimum atomic E-state index is -0.201. The fourth-order valence-corrected chi connectivity index (χ4v) is 2.50. The molecule has 0 saturated heterocycles. The summed E-state index contributed by atoms with van der Waals surface area (Å²) in [6.07, 6.45) is 1.08. The average molecular weight is 411 g/mol. The van der Waals surface area contributed by atoms with Crippen LogP contribution in [0, 0.1) is 3.57 Å². The molecule has 2 rings (SSSR count). The van der Waals surface area contributed by atoms with Gasteiger partial charge in [-0.05, 0) is 77.5 Å². The maximum Gasteiger partial charge on any atom is 0.305 e. The third-order valence-electron chi connectivity index (χ3n) is 3.29. The lowest BCUT2D eigenvalue weighted by molar-refractivity contribution is -0.140. The maximum atomic E-state index is 11.3. The lowest BCUT2D eigenvalue weighted by Crippen LogP contribution is -2.19. The second-order valence-corrected chi connectivity index (χ2v) is 6.07. The highest BCUT2D eigenvalue weighted by Gasteiger charge is 2.10. The molecule has 0 amide bonds. The van der Waals surface area contributed by atoms with Crippen molar-refractivity contribution < 1.29 is 14.6 Å². The monoisotopic (exact) mass is 411 g/mol. The van der Waals surface area contributed by atoms with E-state index in [-0.39, 0.29) is 11.7 Å². The van der Waals surface area contributed by atoms with E-state index in [9.17, 15) is 9.90 Å². The lowest BCUT2D eigenvalue weighted by Gasteiger charge is -2.25. The first-order valence-electron chi connectivity index (χ1n) is 6.99. The predicted octanol–water partition coefficient (Wildman–Crippen LogP) is 4.09. The van der Waals surface area contributed by atoms with Crippen LogP contribution in [0.3, 0.4) is 0 Å². The number of anilines is 2. The largest absolute Gasteiger partial charge is 0.508 e. The van der Waals surface area contributed by atoms with Crippen LogP contribution in [0.1, 0.15) is 12.8 Å². The van der Waals surface area contributed by atoms with E-state index in [2.05, 4.69) is 32.2 Å². The molecule has 0 saturated carbocycles. The van der Waals surface area contributed by atoms with Crippen molar-refractivity contribution in [3.63, 3.8) is 0 Å². The molecule has 0 aliphatic rings. The molecular weight excluding hydrogens is 393 g/mol. The van der Waals surface area contributed by atoms with E-state index in [0.717, 1.165) is 11.4 Å². The molecule has 0 radical (unpaired) electrons. The van der Waals surface area contributed by atoms with Crippen LogP contribution in [0.2, 0.25) is 0 Å². The summed E-state index contributed by atoms with van der Waals surface area (Å²) >= 11 is 2.27. The summed E-state index contributed by atoms with van der Waals surface area (Å²) in [7, 11) is 1.40. The molecule has 5 heteroatoms. The number of halogens is 1. The fourth-order valence-electron chi connectivity index (χ4n) is 2.14. The number of hydrogen-bond acceptors (Lipinski definition) is 4. The van der Waals surface area contributed by atoms with Gasteiger partial charge in [0, 0.05) is 27.9 Å². The van der Waals surface area contributed by atoms with Crippen molar-refractivity contribution in [3.05, 3.63) is 52.1 Å². The van der Waals surface area contributed by atoms with E-state index in [1.54, 1.807) is 12.1 Å². The zero-order valence-corrected chi connectivity index (χ0v) is 14.5. The third-order valence-corrected chi connectivity index (χ3v) is 4.01. The first-order chi connectivity index (χ1) is 10.6. The van der Waals surface area contributed by atoms with E-state index in [1.165, 1.54) is 10.7 Å². The highest BCUT2D eigenvalue weighted by Crippen LogP contribution is 2.28. The molecule has 0 unspecified atom stereocenters. The molecule has 2 aromatic carbocycles. The smallest absolute Gasteiger partial charge is 0.305 e. The van der Waals surface area contributed by atoms with Crippen molar-refractivity contribution in [3.8, 4) is 5.75 Å². The zero-order chi connectivity index (χ0) is 15.9. The highest BCUT2D eigenvalue weighted by molar-refractivity contribution is 14.1. The molecule has 116 valence electrons. The summed E-state index contributed by atoms with van der Waals surface area (Å²) in [5.41, 5.74) is 2.03. The Morgan fingerprint density at radius 1 is 1.09 bits per heavy atom. The topological polar surface area (TPSA) is 49.8 Å². The Balaban J connectivity index is 2.18. The molecule has 4 nitrogen and oxygen atoms in total. The molecule has 0 aliphatic heterocycles. The van der Waals surface area contributed by atoms with Crippen LogP contribution in [0.4, 0.5) is 11.4 Å². The summed E-state index contributed by atoms with van der Waals surface area (Å²) in [5.74, 6) is 0.0362. The van der Waals surface area contributed by atoms with Gasteiger partial charge in [0.25, 0.3) is 0 Å². The molecule has 0 aromatic heterocycles. The van der Waals surface area contributed by atoms with Crippen LogP contribution in [-0.2, 0) is 9.53 Å². The van der Waals surface area contributed by atoms with Gasteiger partial charge in [-0.15, -0.1) is 0 Å². The Morgan fingerprint density at radius 2 is 1.64 bits per heavy atom. The van der Waals surface area contributed by atoms with Gasteiger partial charge in [-0.2, -0.15) is 0 Å². The highest BCUT2D eigenvalue weighted by atomic mass is 127. The Morgan fingerprint density at radius 3 is 2.18 bits per heavy atom. The molecule has 2 aromatic rings. The number of esters is 1. The second kappa shape index (κ2) is 8.03. The lowest BCUT2D eigenvalue weighted by atomic mass is 10.2. The predicted molar refractivity (Wildman–Crippen MR) is 95.5 cm³/mol. The number of carbonyl (C=O) groups is 1. The summed E-state index contributed by atoms with van der Waals surface area (Å²) in [5, 5.41) is 9.45. The molecule has 0 atom stereocenters. The van der Waals surface area contributed by atoms with E-state index >= 15 is 0 Å². The van der Waals surface area contributed by atoms with Crippen molar-refractivity contribution in [1.29, 1.82) is 0 Å². The number of benzene rings is 2. The number of phenolic OH excluding ortho intramolecular Hbond substituents is 1. The van der Waals surface area contributed by atoms with Crippen LogP contribution < -0.4 is 4.90 Å². The van der Waals surface area contributed by atoms with E-state index in [0.29, 0.717) is 19.4 Å². The van der Waals surface area contributed by atoms with Crippen LogP contribution in [0.5, 0.6) is 5.75 Å². The number of nitrogens with zero attached hydrogens (tertiary/aromatic N) is 1. The quantitative estimate of drug-likeness (QED) is 0.575. The molecule has 0 spiro atoms. The van der Waals surface area contributed by atoms with Gasteiger partial charge in [-0.1, -0.05) is 0 Å². The maximum absolute atomic E-state index is 11.3. The molecule has 0 aliphatic carbocycles. The minimum Gasteiger partial charge on any atom is -0.508 e. The van der Waals surface area contributed by atoms with Crippen molar-refractivity contribution in [2.45, 2.75) is 12.8 Å². The fraction of sp³-hybridized carbons (Fsp3) is 0.235. The Bertz CT molecular complexity index is 565. The molecule has 1 N–H and O–H groups in total. The number of aromatic hydroxyl groups is 1. The summed E-state index contributed by atoms with van der Waals surface area (Å²) in [4.78, 5) is 13.4. The number of hydrogen-bond donors (Lipinski definition) is 1. The SMILES string of the molecule is COC(=O)CCCN(c1ccc(O)cc1)c1ccc(I)cc1. The molecule has 0 fully saturated rings. The number of phenols is 1. The van der Waals surface area contributed by atoms with Crippen LogP contribution >= 0.6 is 22.6 Å². The van der Waals surface area contributed by atoms with Crippen molar-refractivity contribution in [2.75, 3.05) is 18.6 Å². The van der Waals surface area contributed by atoms with Crippen molar-refractivity contribution in [2.24, 2.45) is 0 Å². The third kappa shape index (κ3) is 4.62. The van der Waals surface area contributed by atoms with E-state index in [1.807, 2.05) is 36.4 Å². The summed E-state index contributed by atoms with van der Waals surface area (Å²) in [6.45, 7) is 0.695. The van der Waals surface area contributed by atoms with Crippen LogP contribution in [0.25, 0.3) is 0 Å². The molecule has 0 bridgehead atoms. The Hall–Kier alpha value is -1.76. The number of rotatable bonds is 6. The van der Waals surface area contributed by atoms with Crippen LogP contribution in [0.15, 0.2) is 48.5 Å². The summed E-state index contributed by atoms with van der Waals surface area (Å²) < 4.78 is 5.85. The van der Waals surface area contributed by atoms with Gasteiger partial charge in [-0.3, -0.25) is 4.79 Å². The number of carbonyl (C=O) groups excluding carboxylic acids is 1. The van der Waals surface area contributed by atoms with Gasteiger partial charge in [0.15, 0.2) is 0 Å². The second-order valence-electron chi connectivity index (χ2n) is 4.82. The van der Waals surface area contributed by atoms with Crippen molar-refractivity contribution in [1.82, 2.24) is 0 Å². The van der Waals surface area contributed by atoms with Gasteiger partial charge in [0.1, 0.15) is 5.75 Å². The first-order valence-corrected chi connectivity index (χ1v) is 8.07. The molecule has 22 heavy (non-hydrogen) atoms. The van der Waals surface area contributed by atoms with E-state index in [4.69, 9.17) is 0 Å². The van der Waals surface area contributed by atoms with Crippen LogP contribution in [-0.4, -0.2) is 24.7 Å². The average Bonchev–Trinajstić information content (AvgIpc) is 2.53. The van der Waals surface area contributed by atoms with Crippen molar-refractivity contribution >= 4 is 39.9 Å². The number of methoxy groups -OCH3 is 1.